The average Bonchev–Trinajstić information content (AvgIpc) is 2.02. The van der Waals surface area contributed by atoms with Gasteiger partial charge in [0.25, 0.3) is 0 Å². The lowest BCUT2D eigenvalue weighted by Crippen LogP contribution is -2.36. The Labute approximate surface area is 82.7 Å². The largest absolute Gasteiger partial charge is 0.370 e. The fourth-order valence-corrected chi connectivity index (χ4v) is 1.19. The van der Waals surface area contributed by atoms with Crippen molar-refractivity contribution >= 4 is 11.7 Å². The van der Waals surface area contributed by atoms with Crippen molar-refractivity contribution in [3.63, 3.8) is 0 Å². The first-order valence-corrected chi connectivity index (χ1v) is 4.32. The van der Waals surface area contributed by atoms with Gasteiger partial charge in [0.2, 0.25) is 5.91 Å². The number of carbonyl (C=O) groups is 1. The highest BCUT2D eigenvalue weighted by molar-refractivity contribution is 5.75. The number of anilines is 1. The molecule has 0 aliphatic heterocycles. The Morgan fingerprint density at radius 3 is 2.79 bits per heavy atom. The smallest absolute Gasteiger partial charge is 0.219 e. The van der Waals surface area contributed by atoms with Crippen LogP contribution in [0.1, 0.15) is 20.3 Å². The number of aromatic nitrogens is 2. The van der Waals surface area contributed by atoms with E-state index in [0.29, 0.717) is 5.82 Å². The van der Waals surface area contributed by atoms with E-state index in [1.54, 1.807) is 18.6 Å². The number of nitrogens with zero attached hydrogens (tertiary/aromatic N) is 2. The summed E-state index contributed by atoms with van der Waals surface area (Å²) >= 11 is 0. The van der Waals surface area contributed by atoms with E-state index in [1.807, 2.05) is 13.8 Å². The lowest BCUT2D eigenvalue weighted by molar-refractivity contribution is -0.118. The SMILES string of the molecule is CC(C)(CC(N)=O)Nc1cnccn1. The van der Waals surface area contributed by atoms with Crippen LogP contribution in [0.2, 0.25) is 0 Å². The summed E-state index contributed by atoms with van der Waals surface area (Å²) in [6.07, 6.45) is 5.03. The maximum Gasteiger partial charge on any atom is 0.219 e. The van der Waals surface area contributed by atoms with Gasteiger partial charge >= 0.3 is 0 Å². The summed E-state index contributed by atoms with van der Waals surface area (Å²) in [7, 11) is 0. The highest BCUT2D eigenvalue weighted by atomic mass is 16.1. The number of rotatable bonds is 4. The molecule has 0 aromatic carbocycles. The summed E-state index contributed by atoms with van der Waals surface area (Å²) in [5.74, 6) is 0.296. The highest BCUT2D eigenvalue weighted by Crippen LogP contribution is 2.14. The summed E-state index contributed by atoms with van der Waals surface area (Å²) in [5.41, 5.74) is 4.72. The topological polar surface area (TPSA) is 80.9 Å². The quantitative estimate of drug-likeness (QED) is 0.733. The van der Waals surface area contributed by atoms with Crippen molar-refractivity contribution in [1.82, 2.24) is 9.97 Å². The second-order valence-corrected chi connectivity index (χ2v) is 3.74. The fraction of sp³-hybridized carbons (Fsp3) is 0.444. The molecule has 1 heterocycles. The molecule has 0 saturated heterocycles. The average molecular weight is 194 g/mol. The van der Waals surface area contributed by atoms with Gasteiger partial charge in [0.05, 0.1) is 6.20 Å². The van der Waals surface area contributed by atoms with Crippen LogP contribution < -0.4 is 11.1 Å². The minimum absolute atomic E-state index is 0.254. The molecular weight excluding hydrogens is 180 g/mol. The summed E-state index contributed by atoms with van der Waals surface area (Å²) < 4.78 is 0. The lowest BCUT2D eigenvalue weighted by Gasteiger charge is -2.24. The van der Waals surface area contributed by atoms with Crippen LogP contribution in [-0.2, 0) is 4.79 Å². The molecule has 5 heteroatoms. The maximum absolute atomic E-state index is 10.8. The van der Waals surface area contributed by atoms with Crippen molar-refractivity contribution in [3.8, 4) is 0 Å². The molecule has 0 atom stereocenters. The van der Waals surface area contributed by atoms with E-state index in [-0.39, 0.29) is 12.3 Å². The first-order valence-electron chi connectivity index (χ1n) is 4.32. The van der Waals surface area contributed by atoms with Gasteiger partial charge in [0, 0.05) is 24.4 Å². The molecule has 0 unspecified atom stereocenters. The van der Waals surface area contributed by atoms with Gasteiger partial charge < -0.3 is 11.1 Å². The Balaban J connectivity index is 2.63. The van der Waals surface area contributed by atoms with E-state index in [0.717, 1.165) is 0 Å². The number of hydrogen-bond donors (Lipinski definition) is 2. The van der Waals surface area contributed by atoms with Crippen molar-refractivity contribution in [2.24, 2.45) is 5.73 Å². The number of amides is 1. The van der Waals surface area contributed by atoms with E-state index in [2.05, 4.69) is 15.3 Å². The Kier molecular flexibility index (Phi) is 3.01. The third kappa shape index (κ3) is 3.38. The monoisotopic (exact) mass is 194 g/mol. The Hall–Kier alpha value is -1.65. The maximum atomic E-state index is 10.8. The third-order valence-electron chi connectivity index (χ3n) is 1.65. The second-order valence-electron chi connectivity index (χ2n) is 3.74. The number of primary amides is 1. The molecule has 1 amide bonds. The van der Waals surface area contributed by atoms with E-state index in [9.17, 15) is 4.79 Å². The summed E-state index contributed by atoms with van der Waals surface area (Å²) in [5, 5.41) is 3.08. The predicted octanol–water partition coefficient (Wildman–Crippen LogP) is 0.542. The number of carbonyl (C=O) groups excluding carboxylic acids is 1. The van der Waals surface area contributed by atoms with Crippen LogP contribution in [0.4, 0.5) is 5.82 Å². The number of nitrogens with one attached hydrogen (secondary N) is 1. The van der Waals surface area contributed by atoms with E-state index in [1.165, 1.54) is 0 Å². The molecule has 1 aromatic heterocycles. The first kappa shape index (κ1) is 10.4. The minimum atomic E-state index is -0.401. The lowest BCUT2D eigenvalue weighted by atomic mass is 10.0. The molecule has 76 valence electrons. The van der Waals surface area contributed by atoms with Crippen molar-refractivity contribution in [1.29, 1.82) is 0 Å². The van der Waals surface area contributed by atoms with Crippen molar-refractivity contribution in [3.05, 3.63) is 18.6 Å². The van der Waals surface area contributed by atoms with Gasteiger partial charge in [0.1, 0.15) is 5.82 Å². The second kappa shape index (κ2) is 4.04. The van der Waals surface area contributed by atoms with Crippen molar-refractivity contribution in [2.45, 2.75) is 25.8 Å². The van der Waals surface area contributed by atoms with Crippen LogP contribution in [0, 0.1) is 0 Å². The van der Waals surface area contributed by atoms with Gasteiger partial charge in [-0.2, -0.15) is 0 Å². The van der Waals surface area contributed by atoms with E-state index < -0.39 is 5.54 Å². The van der Waals surface area contributed by atoms with E-state index >= 15 is 0 Å². The van der Waals surface area contributed by atoms with Crippen molar-refractivity contribution in [2.75, 3.05) is 5.32 Å². The standard InChI is InChI=1S/C9H14N4O/c1-9(2,5-7(10)14)13-8-6-11-3-4-12-8/h3-4,6H,5H2,1-2H3,(H2,10,14)(H,12,13). The summed E-state index contributed by atoms with van der Waals surface area (Å²) in [6, 6.07) is 0. The molecule has 0 radical (unpaired) electrons. The zero-order chi connectivity index (χ0) is 10.6. The molecule has 0 bridgehead atoms. The van der Waals surface area contributed by atoms with Crippen LogP contribution in [-0.4, -0.2) is 21.4 Å². The molecule has 1 aromatic rings. The molecule has 0 aliphatic carbocycles. The summed E-state index contributed by atoms with van der Waals surface area (Å²) in [4.78, 5) is 18.7. The Morgan fingerprint density at radius 2 is 2.29 bits per heavy atom. The molecule has 14 heavy (non-hydrogen) atoms. The molecule has 0 spiro atoms. The zero-order valence-corrected chi connectivity index (χ0v) is 8.32. The molecule has 1 rings (SSSR count). The molecular formula is C9H14N4O. The number of hydrogen-bond acceptors (Lipinski definition) is 4. The van der Waals surface area contributed by atoms with Gasteiger partial charge in [0.15, 0.2) is 0 Å². The van der Waals surface area contributed by atoms with Gasteiger partial charge in [-0.15, -0.1) is 0 Å². The Morgan fingerprint density at radius 1 is 1.57 bits per heavy atom. The normalized spacial score (nSPS) is 11.0. The van der Waals surface area contributed by atoms with Gasteiger partial charge in [-0.05, 0) is 13.8 Å². The van der Waals surface area contributed by atoms with Crippen molar-refractivity contribution < 1.29 is 4.79 Å². The van der Waals surface area contributed by atoms with Gasteiger partial charge in [-0.25, -0.2) is 4.98 Å². The Bertz CT molecular complexity index is 310. The fourth-order valence-electron chi connectivity index (χ4n) is 1.19. The molecule has 0 fully saturated rings. The van der Waals surface area contributed by atoms with Crippen LogP contribution >= 0.6 is 0 Å². The molecule has 0 saturated carbocycles. The van der Waals surface area contributed by atoms with E-state index in [4.69, 9.17) is 5.73 Å². The zero-order valence-electron chi connectivity index (χ0n) is 8.32. The predicted molar refractivity (Wildman–Crippen MR) is 53.5 cm³/mol. The molecule has 0 aliphatic rings. The van der Waals surface area contributed by atoms with Crippen LogP contribution in [0.25, 0.3) is 0 Å². The molecule has 5 nitrogen and oxygen atoms in total. The van der Waals surface area contributed by atoms with Crippen LogP contribution in [0.5, 0.6) is 0 Å². The van der Waals surface area contributed by atoms with Gasteiger partial charge in [-0.1, -0.05) is 0 Å². The molecule has 3 N–H and O–H groups in total. The van der Waals surface area contributed by atoms with Crippen LogP contribution in [0.3, 0.4) is 0 Å². The number of nitrogens with two attached hydrogens (primary N) is 1. The third-order valence-corrected chi connectivity index (χ3v) is 1.65. The van der Waals surface area contributed by atoms with Gasteiger partial charge in [-0.3, -0.25) is 9.78 Å². The van der Waals surface area contributed by atoms with Crippen LogP contribution in [0.15, 0.2) is 18.6 Å². The highest BCUT2D eigenvalue weighted by Gasteiger charge is 2.20. The summed E-state index contributed by atoms with van der Waals surface area (Å²) in [6.45, 7) is 3.76. The minimum Gasteiger partial charge on any atom is -0.370 e. The first-order chi connectivity index (χ1) is 6.49.